The Morgan fingerprint density at radius 2 is 2.25 bits per heavy atom. The molecule has 1 aromatic rings. The van der Waals surface area contributed by atoms with E-state index in [1.165, 1.54) is 6.42 Å². The Balaban J connectivity index is 2.48. The fourth-order valence-electron chi connectivity index (χ4n) is 1.35. The highest BCUT2D eigenvalue weighted by molar-refractivity contribution is 7.99. The number of hydrogen-bond acceptors (Lipinski definition) is 3. The summed E-state index contributed by atoms with van der Waals surface area (Å²) in [5, 5.41) is 14.7. The highest BCUT2D eigenvalue weighted by Gasteiger charge is 2.07. The van der Waals surface area contributed by atoms with E-state index in [1.807, 2.05) is 11.8 Å². The predicted molar refractivity (Wildman–Crippen MR) is 69.8 cm³/mol. The van der Waals surface area contributed by atoms with Crippen LogP contribution in [0.1, 0.15) is 45.7 Å². The number of aryl methyl sites for hydroxylation is 1. The molecule has 1 aromatic heterocycles. The lowest BCUT2D eigenvalue weighted by atomic mass is 10.3. The summed E-state index contributed by atoms with van der Waals surface area (Å²) in [6, 6.07) is 1.78. The van der Waals surface area contributed by atoms with Crippen LogP contribution in [0.15, 0.2) is 6.07 Å². The summed E-state index contributed by atoms with van der Waals surface area (Å²) in [6.07, 6.45) is 3.36. The minimum atomic E-state index is 0.299. The van der Waals surface area contributed by atoms with Gasteiger partial charge in [0.05, 0.1) is 5.69 Å². The molecule has 1 N–H and O–H groups in total. The molecule has 0 saturated heterocycles. The third kappa shape index (κ3) is 4.08. The van der Waals surface area contributed by atoms with Gasteiger partial charge in [-0.3, -0.25) is 0 Å². The average Bonchev–Trinajstić information content (AvgIpc) is 2.64. The molecule has 92 valence electrons. The van der Waals surface area contributed by atoms with Gasteiger partial charge in [-0.15, -0.1) is 0 Å². The number of hydrogen-bond donors (Lipinski definition) is 1. The van der Waals surface area contributed by atoms with Crippen molar-refractivity contribution < 1.29 is 5.11 Å². The fraction of sp³-hybridized carbons (Fsp3) is 0.750. The minimum Gasteiger partial charge on any atom is -0.493 e. The lowest BCUT2D eigenvalue weighted by molar-refractivity contribution is 0.393. The van der Waals surface area contributed by atoms with Crippen molar-refractivity contribution in [2.75, 3.05) is 0 Å². The molecule has 0 bridgehead atoms. The van der Waals surface area contributed by atoms with Crippen LogP contribution in [0.4, 0.5) is 0 Å². The lowest BCUT2D eigenvalue weighted by Gasteiger charge is -2.05. The normalized spacial score (nSPS) is 12.9. The Kier molecular flexibility index (Phi) is 5.74. The summed E-state index contributed by atoms with van der Waals surface area (Å²) in [6.45, 7) is 7.37. The van der Waals surface area contributed by atoms with Crippen molar-refractivity contribution in [1.29, 1.82) is 0 Å². The first-order valence-electron chi connectivity index (χ1n) is 6.04. The number of unbranched alkanes of at least 4 members (excludes halogenated alkanes) is 1. The molecule has 1 heterocycles. The van der Waals surface area contributed by atoms with E-state index in [0.717, 1.165) is 30.8 Å². The van der Waals surface area contributed by atoms with Gasteiger partial charge < -0.3 is 5.11 Å². The van der Waals surface area contributed by atoms with Crippen molar-refractivity contribution in [1.82, 2.24) is 9.78 Å². The van der Waals surface area contributed by atoms with Crippen molar-refractivity contribution >= 4 is 11.8 Å². The molecule has 0 radical (unpaired) electrons. The molecule has 0 amide bonds. The summed E-state index contributed by atoms with van der Waals surface area (Å²) < 4.78 is 1.70. The number of nitrogens with zero attached hydrogens (tertiary/aromatic N) is 2. The molecule has 1 rings (SSSR count). The van der Waals surface area contributed by atoms with Crippen LogP contribution in [0.5, 0.6) is 5.88 Å². The Hall–Kier alpha value is -0.640. The molecular formula is C12H22N2OS. The van der Waals surface area contributed by atoms with Gasteiger partial charge in [-0.25, -0.2) is 4.68 Å². The highest BCUT2D eigenvalue weighted by atomic mass is 32.2. The van der Waals surface area contributed by atoms with Crippen molar-refractivity contribution in [3.05, 3.63) is 11.8 Å². The van der Waals surface area contributed by atoms with Crippen LogP contribution in [-0.2, 0) is 12.3 Å². The van der Waals surface area contributed by atoms with E-state index in [1.54, 1.807) is 10.7 Å². The molecule has 1 unspecified atom stereocenters. The highest BCUT2D eigenvalue weighted by Crippen LogP contribution is 2.21. The van der Waals surface area contributed by atoms with Crippen LogP contribution in [0.25, 0.3) is 0 Å². The van der Waals surface area contributed by atoms with Crippen molar-refractivity contribution in [3.8, 4) is 5.88 Å². The van der Waals surface area contributed by atoms with Crippen LogP contribution in [0, 0.1) is 0 Å². The molecule has 0 aliphatic rings. The Morgan fingerprint density at radius 1 is 1.50 bits per heavy atom. The topological polar surface area (TPSA) is 38.0 Å². The standard InChI is InChI=1S/C12H22N2OS/c1-4-6-7-14-12(15)8-11(13-14)9-16-10(3)5-2/h8,10,15H,4-7,9H2,1-3H3. The third-order valence-corrected chi connectivity index (χ3v) is 3.99. The molecule has 0 aliphatic carbocycles. The molecule has 1 atom stereocenters. The maximum absolute atomic E-state index is 9.67. The van der Waals surface area contributed by atoms with Gasteiger partial charge >= 0.3 is 0 Å². The maximum Gasteiger partial charge on any atom is 0.209 e. The second-order valence-electron chi connectivity index (χ2n) is 4.10. The van der Waals surface area contributed by atoms with E-state index in [4.69, 9.17) is 0 Å². The SMILES string of the molecule is CCCCn1nc(CSC(C)CC)cc1O. The van der Waals surface area contributed by atoms with Crippen molar-refractivity contribution in [3.63, 3.8) is 0 Å². The van der Waals surface area contributed by atoms with Gasteiger partial charge in [0.15, 0.2) is 0 Å². The van der Waals surface area contributed by atoms with Gasteiger partial charge in [0, 0.05) is 23.6 Å². The smallest absolute Gasteiger partial charge is 0.209 e. The number of thioether (sulfide) groups is 1. The molecule has 3 nitrogen and oxygen atoms in total. The summed E-state index contributed by atoms with van der Waals surface area (Å²) >= 11 is 1.89. The molecule has 16 heavy (non-hydrogen) atoms. The van der Waals surface area contributed by atoms with Gasteiger partial charge in [0.25, 0.3) is 0 Å². The van der Waals surface area contributed by atoms with Crippen molar-refractivity contribution in [2.45, 2.75) is 57.6 Å². The van der Waals surface area contributed by atoms with Crippen LogP contribution < -0.4 is 0 Å². The fourth-order valence-corrected chi connectivity index (χ4v) is 2.18. The van der Waals surface area contributed by atoms with E-state index in [2.05, 4.69) is 25.9 Å². The van der Waals surface area contributed by atoms with Gasteiger partial charge in [-0.2, -0.15) is 16.9 Å². The second-order valence-corrected chi connectivity index (χ2v) is 5.53. The maximum atomic E-state index is 9.67. The first-order valence-corrected chi connectivity index (χ1v) is 7.09. The largest absolute Gasteiger partial charge is 0.493 e. The minimum absolute atomic E-state index is 0.299. The predicted octanol–water partition coefficient (Wildman–Crippen LogP) is 3.42. The molecule has 0 saturated carbocycles. The van der Waals surface area contributed by atoms with Crippen LogP contribution in [-0.4, -0.2) is 20.1 Å². The third-order valence-electron chi connectivity index (χ3n) is 2.62. The molecule has 0 aromatic carbocycles. The Morgan fingerprint density at radius 3 is 2.88 bits per heavy atom. The summed E-state index contributed by atoms with van der Waals surface area (Å²) in [4.78, 5) is 0. The first-order chi connectivity index (χ1) is 7.67. The first kappa shape index (κ1) is 13.4. The number of rotatable bonds is 7. The number of aromatic nitrogens is 2. The van der Waals surface area contributed by atoms with E-state index in [0.29, 0.717) is 11.1 Å². The van der Waals surface area contributed by atoms with Crippen LogP contribution >= 0.6 is 11.8 Å². The molecule has 4 heteroatoms. The van der Waals surface area contributed by atoms with E-state index in [-0.39, 0.29) is 0 Å². The molecule has 0 fully saturated rings. The molecule has 0 aliphatic heterocycles. The zero-order valence-corrected chi connectivity index (χ0v) is 11.3. The van der Waals surface area contributed by atoms with Gasteiger partial charge in [0.2, 0.25) is 5.88 Å². The summed E-state index contributed by atoms with van der Waals surface area (Å²) in [5.74, 6) is 1.19. The Labute approximate surface area is 102 Å². The second kappa shape index (κ2) is 6.84. The van der Waals surface area contributed by atoms with Gasteiger partial charge in [-0.05, 0) is 12.8 Å². The van der Waals surface area contributed by atoms with Crippen LogP contribution in [0.3, 0.4) is 0 Å². The lowest BCUT2D eigenvalue weighted by Crippen LogP contribution is -2.00. The molecular weight excluding hydrogens is 220 g/mol. The van der Waals surface area contributed by atoms with E-state index < -0.39 is 0 Å². The van der Waals surface area contributed by atoms with Crippen molar-refractivity contribution in [2.24, 2.45) is 0 Å². The van der Waals surface area contributed by atoms with E-state index >= 15 is 0 Å². The van der Waals surface area contributed by atoms with E-state index in [9.17, 15) is 5.11 Å². The van der Waals surface area contributed by atoms with Crippen LogP contribution in [0.2, 0.25) is 0 Å². The van der Waals surface area contributed by atoms with Gasteiger partial charge in [0.1, 0.15) is 0 Å². The quantitative estimate of drug-likeness (QED) is 0.796. The average molecular weight is 242 g/mol. The molecule has 0 spiro atoms. The summed E-state index contributed by atoms with van der Waals surface area (Å²) in [5.41, 5.74) is 0.985. The zero-order valence-electron chi connectivity index (χ0n) is 10.4. The monoisotopic (exact) mass is 242 g/mol. The number of aromatic hydroxyl groups is 1. The Bertz CT molecular complexity index is 312. The zero-order chi connectivity index (χ0) is 12.0. The van der Waals surface area contributed by atoms with Gasteiger partial charge in [-0.1, -0.05) is 27.2 Å². The summed E-state index contributed by atoms with van der Waals surface area (Å²) in [7, 11) is 0.